The molecule has 2 heterocycles. The summed E-state index contributed by atoms with van der Waals surface area (Å²) < 4.78 is 2.04. The van der Waals surface area contributed by atoms with E-state index < -0.39 is 0 Å². The van der Waals surface area contributed by atoms with Crippen molar-refractivity contribution < 1.29 is 0 Å². The highest BCUT2D eigenvalue weighted by molar-refractivity contribution is 5.16. The maximum Gasteiger partial charge on any atom is 0.129 e. The normalized spacial score (nSPS) is 12.8. The molecule has 0 amide bonds. The van der Waals surface area contributed by atoms with Gasteiger partial charge in [-0.1, -0.05) is 13.8 Å². The minimum Gasteiger partial charge on any atom is -0.347 e. The van der Waals surface area contributed by atoms with Gasteiger partial charge >= 0.3 is 0 Å². The highest BCUT2D eigenvalue weighted by atomic mass is 15.3. The van der Waals surface area contributed by atoms with Crippen molar-refractivity contribution in [1.29, 1.82) is 0 Å². The van der Waals surface area contributed by atoms with Crippen molar-refractivity contribution in [1.82, 2.24) is 25.1 Å². The molecule has 0 bridgehead atoms. The molecule has 1 unspecified atom stereocenters. The number of aromatic amines is 1. The Kier molecular flexibility index (Phi) is 3.93. The molecule has 5 heteroatoms. The van der Waals surface area contributed by atoms with Gasteiger partial charge in [-0.25, -0.2) is 4.98 Å². The average molecular weight is 233 g/mol. The second-order valence-electron chi connectivity index (χ2n) is 3.94. The van der Waals surface area contributed by atoms with Crippen LogP contribution < -0.4 is 5.32 Å². The molecule has 0 aliphatic carbocycles. The van der Waals surface area contributed by atoms with Gasteiger partial charge in [-0.15, -0.1) is 0 Å². The Labute approximate surface area is 101 Å². The minimum absolute atomic E-state index is 0.0871. The van der Waals surface area contributed by atoms with E-state index in [0.29, 0.717) is 0 Å². The molecule has 0 fully saturated rings. The zero-order chi connectivity index (χ0) is 12.1. The van der Waals surface area contributed by atoms with Gasteiger partial charge in [-0.2, -0.15) is 5.10 Å². The van der Waals surface area contributed by atoms with Crippen molar-refractivity contribution in [3.8, 4) is 0 Å². The lowest BCUT2D eigenvalue weighted by Gasteiger charge is -2.17. The van der Waals surface area contributed by atoms with Crippen LogP contribution in [0.1, 0.15) is 37.8 Å². The number of aryl methyl sites for hydroxylation is 1. The smallest absolute Gasteiger partial charge is 0.129 e. The first-order valence-electron chi connectivity index (χ1n) is 6.11. The molecule has 0 spiro atoms. The third-order valence-electron chi connectivity index (χ3n) is 2.68. The molecule has 2 aromatic rings. The summed E-state index contributed by atoms with van der Waals surface area (Å²) in [5.41, 5.74) is 1.16. The summed E-state index contributed by atoms with van der Waals surface area (Å²) in [4.78, 5) is 7.50. The summed E-state index contributed by atoms with van der Waals surface area (Å²) in [6, 6.07) is 2.13. The van der Waals surface area contributed by atoms with Crippen LogP contribution in [0.15, 0.2) is 24.7 Å². The van der Waals surface area contributed by atoms with Crippen molar-refractivity contribution in [2.45, 2.75) is 32.9 Å². The van der Waals surface area contributed by atoms with Crippen molar-refractivity contribution in [3.05, 3.63) is 36.2 Å². The zero-order valence-corrected chi connectivity index (χ0v) is 10.3. The fourth-order valence-corrected chi connectivity index (χ4v) is 1.97. The number of imidazole rings is 1. The highest BCUT2D eigenvalue weighted by Crippen LogP contribution is 2.18. The maximum absolute atomic E-state index is 4.35. The lowest BCUT2D eigenvalue weighted by atomic mass is 10.2. The van der Waals surface area contributed by atoms with Gasteiger partial charge in [-0.3, -0.25) is 4.68 Å². The molecule has 0 aliphatic rings. The molecule has 17 heavy (non-hydrogen) atoms. The van der Waals surface area contributed by atoms with E-state index in [4.69, 9.17) is 0 Å². The van der Waals surface area contributed by atoms with Gasteiger partial charge in [0.1, 0.15) is 11.9 Å². The second-order valence-corrected chi connectivity index (χ2v) is 3.94. The molecule has 2 rings (SSSR count). The second kappa shape index (κ2) is 5.63. The monoisotopic (exact) mass is 233 g/mol. The highest BCUT2D eigenvalue weighted by Gasteiger charge is 2.18. The third-order valence-corrected chi connectivity index (χ3v) is 2.68. The Bertz CT molecular complexity index is 431. The van der Waals surface area contributed by atoms with Crippen molar-refractivity contribution in [2.24, 2.45) is 0 Å². The van der Waals surface area contributed by atoms with E-state index in [1.54, 1.807) is 6.20 Å². The van der Waals surface area contributed by atoms with Crippen molar-refractivity contribution >= 4 is 0 Å². The molecule has 1 atom stereocenters. The first kappa shape index (κ1) is 11.9. The van der Waals surface area contributed by atoms with Crippen LogP contribution in [-0.4, -0.2) is 26.3 Å². The summed E-state index contributed by atoms with van der Waals surface area (Å²) >= 11 is 0. The molecule has 2 N–H and O–H groups in total. The third kappa shape index (κ3) is 2.55. The number of nitrogens with zero attached hydrogens (tertiary/aromatic N) is 3. The molecule has 5 nitrogen and oxygen atoms in total. The first-order valence-corrected chi connectivity index (χ1v) is 6.11. The number of hydrogen-bond donors (Lipinski definition) is 2. The molecular formula is C12H19N5. The molecule has 0 aliphatic heterocycles. The summed E-state index contributed by atoms with van der Waals surface area (Å²) in [7, 11) is 0. The quantitative estimate of drug-likeness (QED) is 0.798. The van der Waals surface area contributed by atoms with Crippen LogP contribution in [0.4, 0.5) is 0 Å². The van der Waals surface area contributed by atoms with E-state index in [9.17, 15) is 0 Å². The Hall–Kier alpha value is -1.62. The van der Waals surface area contributed by atoms with Gasteiger partial charge in [0, 0.05) is 25.1 Å². The minimum atomic E-state index is 0.0871. The summed E-state index contributed by atoms with van der Waals surface area (Å²) in [6.07, 6.45) is 6.55. The number of aromatic nitrogens is 4. The Balaban J connectivity index is 2.29. The van der Waals surface area contributed by atoms with Gasteiger partial charge in [0.2, 0.25) is 0 Å². The SMILES string of the molecule is CCCn1nccc1C(NCC)c1ncc[nH]1. The first-order chi connectivity index (χ1) is 8.36. The van der Waals surface area contributed by atoms with Crippen LogP contribution in [0.2, 0.25) is 0 Å². The molecule has 2 aromatic heterocycles. The van der Waals surface area contributed by atoms with Gasteiger partial charge < -0.3 is 10.3 Å². The Morgan fingerprint density at radius 3 is 2.94 bits per heavy atom. The number of rotatable bonds is 6. The lowest BCUT2D eigenvalue weighted by Crippen LogP contribution is -2.26. The summed E-state index contributed by atoms with van der Waals surface area (Å²) in [6.45, 7) is 6.07. The molecule has 0 saturated heterocycles. The summed E-state index contributed by atoms with van der Waals surface area (Å²) in [5.74, 6) is 0.935. The van der Waals surface area contributed by atoms with Crippen LogP contribution in [0.25, 0.3) is 0 Å². The topological polar surface area (TPSA) is 58.5 Å². The lowest BCUT2D eigenvalue weighted by molar-refractivity contribution is 0.509. The summed E-state index contributed by atoms with van der Waals surface area (Å²) in [5, 5.41) is 7.79. The van der Waals surface area contributed by atoms with E-state index in [1.165, 1.54) is 0 Å². The molecule has 0 saturated carbocycles. The van der Waals surface area contributed by atoms with E-state index in [1.807, 2.05) is 23.1 Å². The van der Waals surface area contributed by atoms with E-state index in [-0.39, 0.29) is 6.04 Å². The molecular weight excluding hydrogens is 214 g/mol. The Morgan fingerprint density at radius 2 is 2.29 bits per heavy atom. The van der Waals surface area contributed by atoms with Crippen LogP contribution >= 0.6 is 0 Å². The van der Waals surface area contributed by atoms with Crippen LogP contribution in [-0.2, 0) is 6.54 Å². The molecule has 92 valence electrons. The number of nitrogens with one attached hydrogen (secondary N) is 2. The Morgan fingerprint density at radius 1 is 1.41 bits per heavy atom. The van der Waals surface area contributed by atoms with Gasteiger partial charge in [0.15, 0.2) is 0 Å². The predicted molar refractivity (Wildman–Crippen MR) is 66.6 cm³/mol. The van der Waals surface area contributed by atoms with E-state index in [2.05, 4.69) is 34.2 Å². The van der Waals surface area contributed by atoms with Crippen LogP contribution in [0.5, 0.6) is 0 Å². The fraction of sp³-hybridized carbons (Fsp3) is 0.500. The largest absolute Gasteiger partial charge is 0.347 e. The van der Waals surface area contributed by atoms with E-state index >= 15 is 0 Å². The molecule has 0 aromatic carbocycles. The maximum atomic E-state index is 4.35. The number of H-pyrrole nitrogens is 1. The van der Waals surface area contributed by atoms with Gasteiger partial charge in [-0.05, 0) is 19.0 Å². The standard InChI is InChI=1S/C12H19N5/c1-3-9-17-10(5-6-16-17)11(13-4-2)12-14-7-8-15-12/h5-8,11,13H,3-4,9H2,1-2H3,(H,14,15). The predicted octanol–water partition coefficient (Wildman–Crippen LogP) is 1.72. The van der Waals surface area contributed by atoms with E-state index in [0.717, 1.165) is 31.0 Å². The molecule has 0 radical (unpaired) electrons. The van der Waals surface area contributed by atoms with Crippen LogP contribution in [0.3, 0.4) is 0 Å². The van der Waals surface area contributed by atoms with Gasteiger partial charge in [0.05, 0.1) is 5.69 Å². The van der Waals surface area contributed by atoms with Crippen LogP contribution in [0, 0.1) is 0 Å². The van der Waals surface area contributed by atoms with Gasteiger partial charge in [0.25, 0.3) is 0 Å². The fourth-order valence-electron chi connectivity index (χ4n) is 1.97. The average Bonchev–Trinajstić information content (AvgIpc) is 2.97. The van der Waals surface area contributed by atoms with Crippen molar-refractivity contribution in [2.75, 3.05) is 6.54 Å². The van der Waals surface area contributed by atoms with Crippen molar-refractivity contribution in [3.63, 3.8) is 0 Å². The number of hydrogen-bond acceptors (Lipinski definition) is 3. The zero-order valence-electron chi connectivity index (χ0n) is 10.3.